The molecule has 0 saturated heterocycles. The molecule has 0 saturated carbocycles. The van der Waals surface area contributed by atoms with Crippen molar-refractivity contribution < 1.29 is 5.11 Å². The number of pyridine rings is 1. The summed E-state index contributed by atoms with van der Waals surface area (Å²) in [5, 5.41) is 9.49. The maximum atomic E-state index is 9.49. The summed E-state index contributed by atoms with van der Waals surface area (Å²) in [5.41, 5.74) is 7.59. The summed E-state index contributed by atoms with van der Waals surface area (Å²) in [5.74, 6) is 0.309. The molecule has 0 spiro atoms. The second kappa shape index (κ2) is 4.01. The zero-order chi connectivity index (χ0) is 13.7. The SMILES string of the molecule is CCc1c(-c2ccc(O)cc2)c2ccc3cccc1n32. The molecule has 3 heterocycles. The normalized spacial score (nSPS) is 11.7. The van der Waals surface area contributed by atoms with Crippen LogP contribution >= 0.6 is 0 Å². The lowest BCUT2D eigenvalue weighted by Crippen LogP contribution is -1.84. The number of phenols is 1. The Kier molecular flexibility index (Phi) is 2.27. The van der Waals surface area contributed by atoms with Gasteiger partial charge in [-0.3, -0.25) is 0 Å². The second-order valence-corrected chi connectivity index (χ2v) is 5.14. The topological polar surface area (TPSA) is 24.6 Å². The molecular weight excluding hydrogens is 246 g/mol. The third kappa shape index (κ3) is 1.39. The van der Waals surface area contributed by atoms with Crippen molar-refractivity contribution in [2.75, 3.05) is 0 Å². The Bertz CT molecular complexity index is 887. The van der Waals surface area contributed by atoms with Gasteiger partial charge in [0.15, 0.2) is 0 Å². The predicted molar refractivity (Wildman–Crippen MR) is 82.6 cm³/mol. The van der Waals surface area contributed by atoms with Gasteiger partial charge < -0.3 is 9.51 Å². The highest BCUT2D eigenvalue weighted by Crippen LogP contribution is 2.37. The molecule has 0 radical (unpaired) electrons. The summed E-state index contributed by atoms with van der Waals surface area (Å²) in [7, 11) is 0. The summed E-state index contributed by atoms with van der Waals surface area (Å²) in [6.07, 6.45) is 0.997. The number of hydrogen-bond acceptors (Lipinski definition) is 1. The third-order valence-corrected chi connectivity index (χ3v) is 4.05. The minimum atomic E-state index is 0.309. The largest absolute Gasteiger partial charge is 0.508 e. The minimum Gasteiger partial charge on any atom is -0.508 e. The van der Waals surface area contributed by atoms with E-state index < -0.39 is 0 Å². The van der Waals surface area contributed by atoms with E-state index in [0.717, 1.165) is 12.0 Å². The van der Waals surface area contributed by atoms with Crippen molar-refractivity contribution in [2.45, 2.75) is 13.3 Å². The van der Waals surface area contributed by atoms with Gasteiger partial charge >= 0.3 is 0 Å². The first kappa shape index (κ1) is 11.4. The third-order valence-electron chi connectivity index (χ3n) is 4.05. The van der Waals surface area contributed by atoms with Gasteiger partial charge in [-0.2, -0.15) is 0 Å². The lowest BCUT2D eigenvalue weighted by molar-refractivity contribution is 0.475. The highest BCUT2D eigenvalue weighted by molar-refractivity contribution is 5.94. The molecule has 4 rings (SSSR count). The molecule has 0 fully saturated rings. The number of aromatic nitrogens is 1. The Morgan fingerprint density at radius 2 is 1.70 bits per heavy atom. The number of nitrogens with zero attached hydrogens (tertiary/aromatic N) is 1. The molecule has 3 aromatic heterocycles. The highest BCUT2D eigenvalue weighted by Gasteiger charge is 2.17. The Morgan fingerprint density at radius 3 is 2.45 bits per heavy atom. The van der Waals surface area contributed by atoms with E-state index in [0.29, 0.717) is 5.75 Å². The Balaban J connectivity index is 2.14. The maximum Gasteiger partial charge on any atom is 0.115 e. The van der Waals surface area contributed by atoms with Gasteiger partial charge in [0.1, 0.15) is 5.75 Å². The summed E-state index contributed by atoms with van der Waals surface area (Å²) in [6, 6.07) is 18.3. The van der Waals surface area contributed by atoms with Crippen molar-refractivity contribution in [3.63, 3.8) is 0 Å². The maximum absolute atomic E-state index is 9.49. The van der Waals surface area contributed by atoms with E-state index in [2.05, 4.69) is 41.7 Å². The van der Waals surface area contributed by atoms with Crippen LogP contribution < -0.4 is 0 Å². The predicted octanol–water partition coefficient (Wildman–Crippen LogP) is 4.47. The second-order valence-electron chi connectivity index (χ2n) is 5.14. The van der Waals surface area contributed by atoms with Gasteiger partial charge in [-0.1, -0.05) is 25.1 Å². The standard InChI is InChI=1S/C18H15NO/c1-2-15-16-5-3-4-13-8-11-17(19(13)16)18(15)12-6-9-14(20)10-7-12/h3-11,20H,2H2,1H3. The number of hydrogen-bond donors (Lipinski definition) is 1. The van der Waals surface area contributed by atoms with Crippen LogP contribution in [0.1, 0.15) is 12.5 Å². The first-order valence-electron chi connectivity index (χ1n) is 6.93. The molecule has 0 atom stereocenters. The number of benzene rings is 1. The lowest BCUT2D eigenvalue weighted by Gasteiger charge is -2.03. The van der Waals surface area contributed by atoms with Gasteiger partial charge in [0.05, 0.1) is 11.0 Å². The first-order chi connectivity index (χ1) is 9.79. The average Bonchev–Trinajstić information content (AvgIpc) is 3.03. The first-order valence-corrected chi connectivity index (χ1v) is 6.93. The van der Waals surface area contributed by atoms with Crippen LogP contribution in [0.2, 0.25) is 0 Å². The fourth-order valence-corrected chi connectivity index (χ4v) is 3.19. The Labute approximate surface area is 117 Å². The van der Waals surface area contributed by atoms with E-state index >= 15 is 0 Å². The number of aryl methyl sites for hydroxylation is 1. The van der Waals surface area contributed by atoms with Crippen molar-refractivity contribution in [3.05, 3.63) is 60.2 Å². The summed E-state index contributed by atoms with van der Waals surface area (Å²) in [4.78, 5) is 0. The molecule has 0 aliphatic heterocycles. The van der Waals surface area contributed by atoms with Crippen LogP contribution in [-0.4, -0.2) is 9.51 Å². The van der Waals surface area contributed by atoms with Crippen molar-refractivity contribution >= 4 is 16.6 Å². The van der Waals surface area contributed by atoms with E-state index in [1.165, 1.54) is 27.7 Å². The highest BCUT2D eigenvalue weighted by atomic mass is 16.3. The molecule has 98 valence electrons. The van der Waals surface area contributed by atoms with Crippen LogP contribution in [0, 0.1) is 0 Å². The van der Waals surface area contributed by atoms with Crippen LogP contribution in [-0.2, 0) is 6.42 Å². The monoisotopic (exact) mass is 261 g/mol. The molecule has 20 heavy (non-hydrogen) atoms. The molecule has 0 amide bonds. The molecule has 0 aliphatic carbocycles. The minimum absolute atomic E-state index is 0.309. The van der Waals surface area contributed by atoms with E-state index in [1.807, 2.05) is 12.1 Å². The van der Waals surface area contributed by atoms with E-state index in [1.54, 1.807) is 12.1 Å². The average molecular weight is 261 g/mol. The van der Waals surface area contributed by atoms with Gasteiger partial charge in [-0.05, 0) is 53.9 Å². The fraction of sp³-hybridized carbons (Fsp3) is 0.111. The summed E-state index contributed by atoms with van der Waals surface area (Å²) < 4.78 is 2.32. The smallest absolute Gasteiger partial charge is 0.115 e. The van der Waals surface area contributed by atoms with E-state index in [4.69, 9.17) is 0 Å². The van der Waals surface area contributed by atoms with Crippen molar-refractivity contribution in [2.24, 2.45) is 0 Å². The van der Waals surface area contributed by atoms with Crippen LogP contribution in [0.5, 0.6) is 5.75 Å². The van der Waals surface area contributed by atoms with Crippen molar-refractivity contribution in [3.8, 4) is 16.9 Å². The lowest BCUT2D eigenvalue weighted by atomic mass is 10.00. The zero-order valence-corrected chi connectivity index (χ0v) is 11.3. The molecule has 1 N–H and O–H groups in total. The molecule has 0 bridgehead atoms. The van der Waals surface area contributed by atoms with Gasteiger partial charge in [0.25, 0.3) is 0 Å². The summed E-state index contributed by atoms with van der Waals surface area (Å²) in [6.45, 7) is 2.20. The Morgan fingerprint density at radius 1 is 0.900 bits per heavy atom. The van der Waals surface area contributed by atoms with Crippen LogP contribution in [0.25, 0.3) is 27.7 Å². The van der Waals surface area contributed by atoms with Crippen molar-refractivity contribution in [1.29, 1.82) is 0 Å². The number of rotatable bonds is 2. The van der Waals surface area contributed by atoms with Gasteiger partial charge in [-0.15, -0.1) is 0 Å². The van der Waals surface area contributed by atoms with Crippen LogP contribution in [0.15, 0.2) is 54.6 Å². The Hall–Kier alpha value is -2.48. The molecular formula is C18H15NO. The van der Waals surface area contributed by atoms with Crippen LogP contribution in [0.4, 0.5) is 0 Å². The quantitative estimate of drug-likeness (QED) is 0.566. The molecule has 0 aliphatic rings. The molecule has 0 unspecified atom stereocenters. The van der Waals surface area contributed by atoms with E-state index in [-0.39, 0.29) is 0 Å². The number of aromatic hydroxyl groups is 1. The number of phenolic OH excluding ortho intramolecular Hbond substituents is 1. The fourth-order valence-electron chi connectivity index (χ4n) is 3.19. The molecule has 4 aromatic rings. The molecule has 1 aromatic carbocycles. The van der Waals surface area contributed by atoms with E-state index in [9.17, 15) is 5.11 Å². The zero-order valence-electron chi connectivity index (χ0n) is 11.3. The van der Waals surface area contributed by atoms with Crippen LogP contribution in [0.3, 0.4) is 0 Å². The van der Waals surface area contributed by atoms with Gasteiger partial charge in [0, 0.05) is 11.1 Å². The molecule has 2 heteroatoms. The molecule has 2 nitrogen and oxygen atoms in total. The van der Waals surface area contributed by atoms with Crippen molar-refractivity contribution in [1.82, 2.24) is 4.40 Å². The van der Waals surface area contributed by atoms with Gasteiger partial charge in [0.2, 0.25) is 0 Å². The summed E-state index contributed by atoms with van der Waals surface area (Å²) >= 11 is 0. The van der Waals surface area contributed by atoms with Gasteiger partial charge in [-0.25, -0.2) is 0 Å².